The van der Waals surface area contributed by atoms with Crippen molar-refractivity contribution in [3.8, 4) is 11.5 Å². The molecule has 1 amide bonds. The highest BCUT2D eigenvalue weighted by Crippen LogP contribution is 2.33. The van der Waals surface area contributed by atoms with Gasteiger partial charge in [0.25, 0.3) is 0 Å². The molecule has 0 atom stereocenters. The number of aryl methyl sites for hydroxylation is 1. The first-order valence-electron chi connectivity index (χ1n) is 7.92. The van der Waals surface area contributed by atoms with E-state index in [1.54, 1.807) is 14.2 Å². The van der Waals surface area contributed by atoms with E-state index in [4.69, 9.17) is 18.9 Å². The van der Waals surface area contributed by atoms with Crippen molar-refractivity contribution in [2.45, 2.75) is 31.5 Å². The van der Waals surface area contributed by atoms with E-state index in [0.717, 1.165) is 17.1 Å². The summed E-state index contributed by atoms with van der Waals surface area (Å²) in [5, 5.41) is 0. The maximum Gasteiger partial charge on any atom is 0.231 e. The van der Waals surface area contributed by atoms with Crippen LogP contribution in [0.2, 0.25) is 0 Å². The second-order valence-corrected chi connectivity index (χ2v) is 5.89. The average Bonchev–Trinajstić information content (AvgIpc) is 3.07. The summed E-state index contributed by atoms with van der Waals surface area (Å²) in [5.74, 6) is 1.17. The number of likely N-dealkylation sites (tertiary alicyclic amines) is 1. The van der Waals surface area contributed by atoms with Gasteiger partial charge in [-0.15, -0.1) is 0 Å². The van der Waals surface area contributed by atoms with Gasteiger partial charge in [0.15, 0.2) is 17.3 Å². The van der Waals surface area contributed by atoms with Crippen LogP contribution in [0, 0.1) is 0 Å². The Hall–Kier alpha value is -1.79. The molecule has 6 nitrogen and oxygen atoms in total. The Morgan fingerprint density at radius 3 is 2.57 bits per heavy atom. The van der Waals surface area contributed by atoms with E-state index >= 15 is 0 Å². The minimum absolute atomic E-state index is 0.170. The van der Waals surface area contributed by atoms with Gasteiger partial charge in [0.2, 0.25) is 12.7 Å². The van der Waals surface area contributed by atoms with Gasteiger partial charge in [0, 0.05) is 46.6 Å². The van der Waals surface area contributed by atoms with Gasteiger partial charge in [-0.05, 0) is 24.1 Å². The van der Waals surface area contributed by atoms with Crippen molar-refractivity contribution in [3.63, 3.8) is 0 Å². The zero-order valence-corrected chi connectivity index (χ0v) is 13.7. The SMILES string of the molecule is COC1(OC)CCN(C(=O)CCc2ccc3c(c2)OCO3)CC1. The van der Waals surface area contributed by atoms with Crippen LogP contribution in [-0.2, 0) is 20.7 Å². The average molecular weight is 321 g/mol. The van der Waals surface area contributed by atoms with Crippen LogP contribution < -0.4 is 9.47 Å². The van der Waals surface area contributed by atoms with Gasteiger partial charge in [0.05, 0.1) is 0 Å². The number of methoxy groups -OCH3 is 2. The fourth-order valence-corrected chi connectivity index (χ4v) is 3.09. The van der Waals surface area contributed by atoms with Crippen LogP contribution in [0.15, 0.2) is 18.2 Å². The van der Waals surface area contributed by atoms with Crippen molar-refractivity contribution < 1.29 is 23.7 Å². The highest BCUT2D eigenvalue weighted by molar-refractivity contribution is 5.76. The van der Waals surface area contributed by atoms with Crippen LogP contribution in [0.25, 0.3) is 0 Å². The number of piperidine rings is 1. The highest BCUT2D eigenvalue weighted by atomic mass is 16.7. The molecule has 0 N–H and O–H groups in total. The van der Waals surface area contributed by atoms with Crippen LogP contribution in [0.3, 0.4) is 0 Å². The molecule has 0 bridgehead atoms. The quantitative estimate of drug-likeness (QED) is 0.776. The van der Waals surface area contributed by atoms with E-state index < -0.39 is 5.79 Å². The largest absolute Gasteiger partial charge is 0.454 e. The Kier molecular flexibility index (Phi) is 4.73. The molecular formula is C17H23NO5. The summed E-state index contributed by atoms with van der Waals surface area (Å²) in [6.07, 6.45) is 2.60. The summed E-state index contributed by atoms with van der Waals surface area (Å²) in [4.78, 5) is 14.3. The standard InChI is InChI=1S/C17H23NO5/c1-20-17(21-2)7-9-18(10-8-17)16(19)6-4-13-3-5-14-15(11-13)23-12-22-14/h3,5,11H,4,6-10,12H2,1-2H3. The molecule has 1 fully saturated rings. The lowest BCUT2D eigenvalue weighted by Crippen LogP contribution is -2.48. The molecule has 0 aliphatic carbocycles. The molecule has 0 radical (unpaired) electrons. The van der Waals surface area contributed by atoms with Crippen molar-refractivity contribution in [2.75, 3.05) is 34.1 Å². The zero-order valence-electron chi connectivity index (χ0n) is 13.7. The lowest BCUT2D eigenvalue weighted by Gasteiger charge is -2.39. The predicted octanol–water partition coefficient (Wildman–Crippen LogP) is 1.96. The molecule has 1 aromatic rings. The van der Waals surface area contributed by atoms with Gasteiger partial charge in [-0.2, -0.15) is 0 Å². The molecular weight excluding hydrogens is 298 g/mol. The number of benzene rings is 1. The Morgan fingerprint density at radius 2 is 1.87 bits per heavy atom. The summed E-state index contributed by atoms with van der Waals surface area (Å²) < 4.78 is 21.5. The molecule has 2 aliphatic rings. The van der Waals surface area contributed by atoms with E-state index in [1.807, 2.05) is 23.1 Å². The number of ether oxygens (including phenoxy) is 4. The second-order valence-electron chi connectivity index (χ2n) is 5.89. The van der Waals surface area contributed by atoms with Crippen LogP contribution in [0.5, 0.6) is 11.5 Å². The molecule has 6 heteroatoms. The lowest BCUT2D eigenvalue weighted by molar-refractivity contribution is -0.228. The van der Waals surface area contributed by atoms with Crippen LogP contribution in [0.1, 0.15) is 24.8 Å². The lowest BCUT2D eigenvalue weighted by atomic mass is 10.0. The fraction of sp³-hybridized carbons (Fsp3) is 0.588. The molecule has 0 saturated carbocycles. The molecule has 1 saturated heterocycles. The molecule has 2 aliphatic heterocycles. The maximum atomic E-state index is 12.4. The Balaban J connectivity index is 1.50. The zero-order chi connectivity index (χ0) is 16.3. The summed E-state index contributed by atoms with van der Waals surface area (Å²) in [6, 6.07) is 5.83. The summed E-state index contributed by atoms with van der Waals surface area (Å²) in [6.45, 7) is 1.61. The number of hydrogen-bond acceptors (Lipinski definition) is 5. The number of nitrogens with zero attached hydrogens (tertiary/aromatic N) is 1. The third-order valence-electron chi connectivity index (χ3n) is 4.69. The topological polar surface area (TPSA) is 57.2 Å². The van der Waals surface area contributed by atoms with Gasteiger partial charge in [-0.25, -0.2) is 0 Å². The minimum Gasteiger partial charge on any atom is -0.454 e. The van der Waals surface area contributed by atoms with Crippen LogP contribution in [-0.4, -0.2) is 50.7 Å². The van der Waals surface area contributed by atoms with E-state index in [1.165, 1.54) is 0 Å². The number of hydrogen-bond donors (Lipinski definition) is 0. The molecule has 0 unspecified atom stereocenters. The van der Waals surface area contributed by atoms with Crippen LogP contribution >= 0.6 is 0 Å². The molecule has 3 rings (SSSR count). The first kappa shape index (κ1) is 16.1. The monoisotopic (exact) mass is 321 g/mol. The molecule has 1 aromatic carbocycles. The van der Waals surface area contributed by atoms with Crippen LogP contribution in [0.4, 0.5) is 0 Å². The number of rotatable bonds is 5. The Bertz CT molecular complexity index is 560. The number of carbonyl (C=O) groups is 1. The number of carbonyl (C=O) groups excluding carboxylic acids is 1. The Labute approximate surface area is 136 Å². The fourth-order valence-electron chi connectivity index (χ4n) is 3.09. The van der Waals surface area contributed by atoms with Gasteiger partial charge in [-0.3, -0.25) is 4.79 Å². The van der Waals surface area contributed by atoms with E-state index in [2.05, 4.69) is 0 Å². The molecule has 2 heterocycles. The first-order valence-corrected chi connectivity index (χ1v) is 7.92. The maximum absolute atomic E-state index is 12.4. The first-order chi connectivity index (χ1) is 11.2. The minimum atomic E-state index is -0.534. The van der Waals surface area contributed by atoms with Crippen molar-refractivity contribution in [3.05, 3.63) is 23.8 Å². The van der Waals surface area contributed by atoms with Gasteiger partial charge in [0.1, 0.15) is 0 Å². The molecule has 126 valence electrons. The molecule has 0 aromatic heterocycles. The van der Waals surface area contributed by atoms with E-state index in [0.29, 0.717) is 38.8 Å². The van der Waals surface area contributed by atoms with Crippen molar-refractivity contribution in [1.82, 2.24) is 4.90 Å². The predicted molar refractivity (Wildman–Crippen MR) is 83.4 cm³/mol. The Morgan fingerprint density at radius 1 is 1.17 bits per heavy atom. The van der Waals surface area contributed by atoms with Gasteiger partial charge >= 0.3 is 0 Å². The normalized spacial score (nSPS) is 19.0. The number of fused-ring (bicyclic) bond motifs is 1. The van der Waals surface area contributed by atoms with Gasteiger partial charge < -0.3 is 23.8 Å². The molecule has 0 spiro atoms. The molecule has 23 heavy (non-hydrogen) atoms. The van der Waals surface area contributed by atoms with Crippen molar-refractivity contribution in [2.24, 2.45) is 0 Å². The third kappa shape index (κ3) is 3.43. The smallest absolute Gasteiger partial charge is 0.231 e. The summed E-state index contributed by atoms with van der Waals surface area (Å²) in [7, 11) is 3.31. The van der Waals surface area contributed by atoms with Crippen molar-refractivity contribution >= 4 is 5.91 Å². The summed E-state index contributed by atoms with van der Waals surface area (Å²) >= 11 is 0. The highest BCUT2D eigenvalue weighted by Gasteiger charge is 2.35. The van der Waals surface area contributed by atoms with E-state index in [9.17, 15) is 4.79 Å². The second kappa shape index (κ2) is 6.76. The van der Waals surface area contributed by atoms with E-state index in [-0.39, 0.29) is 12.7 Å². The number of amides is 1. The van der Waals surface area contributed by atoms with Crippen molar-refractivity contribution in [1.29, 1.82) is 0 Å². The summed E-state index contributed by atoms with van der Waals surface area (Å²) in [5.41, 5.74) is 1.09. The van der Waals surface area contributed by atoms with Gasteiger partial charge in [-0.1, -0.05) is 6.07 Å². The third-order valence-corrected chi connectivity index (χ3v) is 4.69.